The van der Waals surface area contributed by atoms with E-state index >= 15 is 0 Å². The topological polar surface area (TPSA) is 119 Å². The zero-order chi connectivity index (χ0) is 21.2. The maximum Gasteiger partial charge on any atom is 0.325 e. The van der Waals surface area contributed by atoms with E-state index in [4.69, 9.17) is 10.00 Å². The highest BCUT2D eigenvalue weighted by Gasteiger charge is 2.15. The van der Waals surface area contributed by atoms with Gasteiger partial charge in [0.05, 0.1) is 33.9 Å². The van der Waals surface area contributed by atoms with E-state index in [0.717, 1.165) is 17.6 Å². The minimum Gasteiger partial charge on any atom is -0.468 e. The predicted octanol–water partition coefficient (Wildman–Crippen LogP) is 1.89. The van der Waals surface area contributed by atoms with Crippen LogP contribution in [0.1, 0.15) is 15.9 Å². The number of rotatable bonds is 4. The van der Waals surface area contributed by atoms with E-state index in [1.54, 1.807) is 6.07 Å². The lowest BCUT2D eigenvalue weighted by Gasteiger charge is -2.04. The van der Waals surface area contributed by atoms with Crippen molar-refractivity contribution < 1.29 is 22.7 Å². The Balaban J connectivity index is 2.16. The summed E-state index contributed by atoms with van der Waals surface area (Å²) in [6.07, 6.45) is 1.10. The van der Waals surface area contributed by atoms with E-state index in [1.807, 2.05) is 6.07 Å². The van der Waals surface area contributed by atoms with Crippen LogP contribution in [0.25, 0.3) is 10.2 Å². The molecule has 0 fully saturated rings. The number of carbonyl (C=O) groups is 2. The van der Waals surface area contributed by atoms with Gasteiger partial charge in [-0.25, -0.2) is 8.42 Å². The van der Waals surface area contributed by atoms with Crippen molar-refractivity contribution in [3.05, 3.63) is 58.4 Å². The first-order chi connectivity index (χ1) is 13.7. The van der Waals surface area contributed by atoms with Crippen LogP contribution in [0.2, 0.25) is 0 Å². The Bertz CT molecular complexity index is 1330. The highest BCUT2D eigenvalue weighted by molar-refractivity contribution is 7.90. The molecule has 0 saturated carbocycles. The van der Waals surface area contributed by atoms with Crippen LogP contribution < -0.4 is 4.80 Å². The molecular formula is C19H15N3O5S2. The van der Waals surface area contributed by atoms with Crippen LogP contribution in [0.4, 0.5) is 0 Å². The van der Waals surface area contributed by atoms with Gasteiger partial charge in [0.15, 0.2) is 14.6 Å². The van der Waals surface area contributed by atoms with Crippen LogP contribution in [-0.4, -0.2) is 38.2 Å². The molecule has 3 aromatic rings. The standard InChI is InChI=1S/C19H15N3O5S2/c1-27-17(23)11-22-15-8-7-14(29(2,25)26)9-16(15)28-19(22)21-18(24)13-5-3-12(10-20)4-6-13/h3-9H,11H2,1-2H3. The Hall–Kier alpha value is -3.29. The highest BCUT2D eigenvalue weighted by Crippen LogP contribution is 2.22. The molecule has 0 aliphatic rings. The van der Waals surface area contributed by atoms with E-state index < -0.39 is 21.7 Å². The average molecular weight is 429 g/mol. The van der Waals surface area contributed by atoms with E-state index in [2.05, 4.69) is 4.99 Å². The van der Waals surface area contributed by atoms with Crippen LogP contribution in [0, 0.1) is 11.3 Å². The number of nitriles is 1. The van der Waals surface area contributed by atoms with E-state index in [0.29, 0.717) is 15.8 Å². The SMILES string of the molecule is COC(=O)Cn1c(=NC(=O)c2ccc(C#N)cc2)sc2cc(S(C)(=O)=O)ccc21. The summed E-state index contributed by atoms with van der Waals surface area (Å²) in [6, 6.07) is 12.4. The van der Waals surface area contributed by atoms with Gasteiger partial charge in [-0.1, -0.05) is 11.3 Å². The van der Waals surface area contributed by atoms with Crippen molar-refractivity contribution in [2.24, 2.45) is 4.99 Å². The molecule has 8 nitrogen and oxygen atoms in total. The average Bonchev–Trinajstić information content (AvgIpc) is 3.03. The number of ether oxygens (including phenoxy) is 1. The number of hydrogen-bond donors (Lipinski definition) is 0. The summed E-state index contributed by atoms with van der Waals surface area (Å²) in [5.41, 5.74) is 1.25. The zero-order valence-corrected chi connectivity index (χ0v) is 17.1. The second-order valence-electron chi connectivity index (χ2n) is 6.05. The van der Waals surface area contributed by atoms with Crippen molar-refractivity contribution in [2.45, 2.75) is 11.4 Å². The molecule has 10 heteroatoms. The van der Waals surface area contributed by atoms with Gasteiger partial charge in [0, 0.05) is 11.8 Å². The summed E-state index contributed by atoms with van der Waals surface area (Å²) in [7, 11) is -2.17. The Morgan fingerprint density at radius 1 is 1.21 bits per heavy atom. The first-order valence-corrected chi connectivity index (χ1v) is 10.9. The van der Waals surface area contributed by atoms with Gasteiger partial charge in [0.2, 0.25) is 0 Å². The number of fused-ring (bicyclic) bond motifs is 1. The van der Waals surface area contributed by atoms with Gasteiger partial charge in [-0.2, -0.15) is 10.3 Å². The summed E-state index contributed by atoms with van der Waals surface area (Å²) in [5.74, 6) is -1.09. The first-order valence-electron chi connectivity index (χ1n) is 8.22. The third kappa shape index (κ3) is 4.42. The normalized spacial score (nSPS) is 12.0. The maximum atomic E-state index is 12.6. The number of methoxy groups -OCH3 is 1. The van der Waals surface area contributed by atoms with Crippen molar-refractivity contribution in [1.29, 1.82) is 5.26 Å². The van der Waals surface area contributed by atoms with E-state index in [1.165, 1.54) is 48.1 Å². The fourth-order valence-corrected chi connectivity index (χ4v) is 4.34. The van der Waals surface area contributed by atoms with Gasteiger partial charge >= 0.3 is 5.97 Å². The number of hydrogen-bond acceptors (Lipinski definition) is 7. The third-order valence-electron chi connectivity index (χ3n) is 4.06. The Morgan fingerprint density at radius 3 is 2.48 bits per heavy atom. The monoisotopic (exact) mass is 429 g/mol. The smallest absolute Gasteiger partial charge is 0.325 e. The van der Waals surface area contributed by atoms with Crippen LogP contribution >= 0.6 is 11.3 Å². The number of amides is 1. The number of nitrogens with zero attached hydrogens (tertiary/aromatic N) is 3. The summed E-state index contributed by atoms with van der Waals surface area (Å²) in [4.78, 5) is 28.8. The molecule has 0 bridgehead atoms. The zero-order valence-electron chi connectivity index (χ0n) is 15.4. The number of benzene rings is 2. The van der Waals surface area contributed by atoms with Crippen LogP contribution in [0.15, 0.2) is 52.4 Å². The second kappa shape index (κ2) is 7.98. The molecule has 0 spiro atoms. The molecule has 0 aliphatic heterocycles. The molecule has 1 amide bonds. The molecule has 0 unspecified atom stereocenters. The van der Waals surface area contributed by atoms with Gasteiger partial charge in [0.1, 0.15) is 6.54 Å². The molecule has 0 atom stereocenters. The molecule has 0 aliphatic carbocycles. The molecule has 0 N–H and O–H groups in total. The fraction of sp³-hybridized carbons (Fsp3) is 0.158. The summed E-state index contributed by atoms with van der Waals surface area (Å²) >= 11 is 1.09. The van der Waals surface area contributed by atoms with E-state index in [9.17, 15) is 18.0 Å². The maximum absolute atomic E-state index is 12.6. The number of esters is 1. The number of thiazole rings is 1. The quantitative estimate of drug-likeness (QED) is 0.585. The molecule has 148 valence electrons. The van der Waals surface area contributed by atoms with Crippen molar-refractivity contribution in [1.82, 2.24) is 4.57 Å². The van der Waals surface area contributed by atoms with Gasteiger partial charge < -0.3 is 9.30 Å². The number of carbonyl (C=O) groups excluding carboxylic acids is 2. The van der Waals surface area contributed by atoms with Crippen molar-refractivity contribution >= 4 is 43.3 Å². The van der Waals surface area contributed by atoms with Gasteiger partial charge in [-0.3, -0.25) is 9.59 Å². The Kier molecular flexibility index (Phi) is 5.63. The van der Waals surface area contributed by atoms with Crippen LogP contribution in [0.3, 0.4) is 0 Å². The largest absolute Gasteiger partial charge is 0.468 e. The van der Waals surface area contributed by atoms with Gasteiger partial charge in [-0.05, 0) is 42.5 Å². The van der Waals surface area contributed by atoms with Crippen molar-refractivity contribution in [3.63, 3.8) is 0 Å². The minimum absolute atomic E-state index is 0.126. The molecule has 29 heavy (non-hydrogen) atoms. The minimum atomic E-state index is -3.42. The van der Waals surface area contributed by atoms with Gasteiger partial charge in [-0.15, -0.1) is 0 Å². The molecule has 2 aromatic carbocycles. The lowest BCUT2D eigenvalue weighted by atomic mass is 10.1. The van der Waals surface area contributed by atoms with E-state index in [-0.39, 0.29) is 21.8 Å². The highest BCUT2D eigenvalue weighted by atomic mass is 32.2. The number of aromatic nitrogens is 1. The summed E-state index contributed by atoms with van der Waals surface area (Å²) in [6.45, 7) is -0.186. The molecule has 0 radical (unpaired) electrons. The van der Waals surface area contributed by atoms with Gasteiger partial charge in [0.25, 0.3) is 5.91 Å². The summed E-state index contributed by atoms with van der Waals surface area (Å²) in [5, 5.41) is 8.86. The molecule has 1 heterocycles. The lowest BCUT2D eigenvalue weighted by molar-refractivity contribution is -0.141. The van der Waals surface area contributed by atoms with Crippen molar-refractivity contribution in [3.8, 4) is 6.07 Å². The van der Waals surface area contributed by atoms with Crippen molar-refractivity contribution in [2.75, 3.05) is 13.4 Å². The molecule has 0 saturated heterocycles. The first kappa shape index (κ1) is 20.4. The Morgan fingerprint density at radius 2 is 1.90 bits per heavy atom. The third-order valence-corrected chi connectivity index (χ3v) is 6.21. The molecule has 3 rings (SSSR count). The fourth-order valence-electron chi connectivity index (χ4n) is 2.55. The molecular weight excluding hydrogens is 414 g/mol. The summed E-state index contributed by atoms with van der Waals surface area (Å²) < 4.78 is 30.4. The molecule has 1 aromatic heterocycles. The Labute approximate surface area is 170 Å². The second-order valence-corrected chi connectivity index (χ2v) is 9.08. The van der Waals surface area contributed by atoms with Crippen LogP contribution in [-0.2, 0) is 25.9 Å². The van der Waals surface area contributed by atoms with Crippen LogP contribution in [0.5, 0.6) is 0 Å². The lowest BCUT2D eigenvalue weighted by Crippen LogP contribution is -2.22. The number of sulfone groups is 1. The predicted molar refractivity (Wildman–Crippen MR) is 106 cm³/mol.